The van der Waals surface area contributed by atoms with Crippen LogP contribution in [0.2, 0.25) is 0 Å². The molecule has 0 aliphatic heterocycles. The Bertz CT molecular complexity index is 574. The molecule has 0 amide bonds. The van der Waals surface area contributed by atoms with Gasteiger partial charge < -0.3 is 9.47 Å². The second kappa shape index (κ2) is 5.14. The first kappa shape index (κ1) is 11.8. The smallest absolute Gasteiger partial charge is 0.314 e. The topological polar surface area (TPSA) is 35.5 Å². The summed E-state index contributed by atoms with van der Waals surface area (Å²) in [5, 5.41) is 0. The van der Waals surface area contributed by atoms with Crippen LogP contribution in [0.1, 0.15) is 12.8 Å². The second-order valence-corrected chi connectivity index (χ2v) is 4.56. The first-order chi connectivity index (χ1) is 9.33. The molecule has 2 aromatic rings. The summed E-state index contributed by atoms with van der Waals surface area (Å²) in [4.78, 5) is 11.7. The van der Waals surface area contributed by atoms with Gasteiger partial charge in [0.25, 0.3) is 0 Å². The van der Waals surface area contributed by atoms with Crippen LogP contribution < -0.4 is 9.47 Å². The third kappa shape index (κ3) is 2.94. The highest BCUT2D eigenvalue weighted by molar-refractivity contribution is 5.78. The summed E-state index contributed by atoms with van der Waals surface area (Å²) in [5.41, 5.74) is 0. The van der Waals surface area contributed by atoms with E-state index < -0.39 is 0 Å². The minimum Gasteiger partial charge on any atom is -0.453 e. The molecule has 0 bridgehead atoms. The van der Waals surface area contributed by atoms with E-state index in [1.807, 2.05) is 42.5 Å². The van der Waals surface area contributed by atoms with Crippen molar-refractivity contribution in [2.75, 3.05) is 0 Å². The number of para-hydroxylation sites is 3. The highest BCUT2D eigenvalue weighted by atomic mass is 16.6. The van der Waals surface area contributed by atoms with Gasteiger partial charge in [-0.3, -0.25) is 4.79 Å². The highest BCUT2D eigenvalue weighted by Gasteiger charge is 2.32. The van der Waals surface area contributed by atoms with Crippen molar-refractivity contribution in [3.63, 3.8) is 0 Å². The number of ether oxygens (including phenoxy) is 2. The van der Waals surface area contributed by atoms with Crippen LogP contribution in [-0.2, 0) is 4.79 Å². The third-order valence-corrected chi connectivity index (χ3v) is 2.94. The lowest BCUT2D eigenvalue weighted by atomic mass is 10.3. The zero-order chi connectivity index (χ0) is 13.1. The molecule has 1 saturated carbocycles. The standard InChI is InChI=1S/C16H14O3/c17-16(12-10-11-12)19-15-9-5-4-8-14(15)18-13-6-2-1-3-7-13/h1-9,12H,10-11H2. The molecule has 0 N–H and O–H groups in total. The van der Waals surface area contributed by atoms with Crippen LogP contribution in [0.15, 0.2) is 54.6 Å². The van der Waals surface area contributed by atoms with Gasteiger partial charge in [0, 0.05) is 0 Å². The van der Waals surface area contributed by atoms with Crippen molar-refractivity contribution in [2.45, 2.75) is 12.8 Å². The average molecular weight is 254 g/mol. The number of benzene rings is 2. The summed E-state index contributed by atoms with van der Waals surface area (Å²) in [6, 6.07) is 16.7. The Morgan fingerprint density at radius 2 is 1.53 bits per heavy atom. The zero-order valence-corrected chi connectivity index (χ0v) is 10.4. The van der Waals surface area contributed by atoms with Crippen molar-refractivity contribution >= 4 is 5.97 Å². The van der Waals surface area contributed by atoms with E-state index in [1.165, 1.54) is 0 Å². The number of carbonyl (C=O) groups is 1. The molecule has 1 fully saturated rings. The molecule has 3 nitrogen and oxygen atoms in total. The van der Waals surface area contributed by atoms with E-state index in [9.17, 15) is 4.79 Å². The fourth-order valence-electron chi connectivity index (χ4n) is 1.75. The molecule has 3 heteroatoms. The van der Waals surface area contributed by atoms with Crippen LogP contribution in [0.5, 0.6) is 17.2 Å². The molecule has 0 atom stereocenters. The SMILES string of the molecule is O=C(Oc1ccccc1Oc1ccccc1)C1CC1. The minimum atomic E-state index is -0.163. The Morgan fingerprint density at radius 3 is 2.21 bits per heavy atom. The molecule has 2 aromatic carbocycles. The summed E-state index contributed by atoms with van der Waals surface area (Å²) in [6.07, 6.45) is 1.86. The summed E-state index contributed by atoms with van der Waals surface area (Å²) in [5.74, 6) is 1.66. The van der Waals surface area contributed by atoms with Gasteiger partial charge in [0.2, 0.25) is 0 Å². The van der Waals surface area contributed by atoms with E-state index in [0.717, 1.165) is 18.6 Å². The first-order valence-electron chi connectivity index (χ1n) is 6.36. The molecular formula is C16H14O3. The molecule has 0 radical (unpaired) electrons. The maximum atomic E-state index is 11.7. The number of hydrogen-bond acceptors (Lipinski definition) is 3. The van der Waals surface area contributed by atoms with Crippen molar-refractivity contribution in [3.05, 3.63) is 54.6 Å². The van der Waals surface area contributed by atoms with Crippen molar-refractivity contribution in [1.29, 1.82) is 0 Å². The van der Waals surface area contributed by atoms with Crippen molar-refractivity contribution in [3.8, 4) is 17.2 Å². The summed E-state index contributed by atoms with van der Waals surface area (Å²) in [7, 11) is 0. The van der Waals surface area contributed by atoms with Gasteiger partial charge in [-0.2, -0.15) is 0 Å². The summed E-state index contributed by atoms with van der Waals surface area (Å²) >= 11 is 0. The third-order valence-electron chi connectivity index (χ3n) is 2.94. The molecule has 96 valence electrons. The zero-order valence-electron chi connectivity index (χ0n) is 10.4. The molecule has 1 aliphatic rings. The van der Waals surface area contributed by atoms with E-state index in [-0.39, 0.29) is 11.9 Å². The Morgan fingerprint density at radius 1 is 0.895 bits per heavy atom. The number of esters is 1. The molecule has 0 heterocycles. The monoisotopic (exact) mass is 254 g/mol. The number of rotatable bonds is 4. The summed E-state index contributed by atoms with van der Waals surface area (Å²) in [6.45, 7) is 0. The molecule has 3 rings (SSSR count). The molecule has 0 saturated heterocycles. The maximum Gasteiger partial charge on any atom is 0.314 e. The van der Waals surface area contributed by atoms with E-state index in [0.29, 0.717) is 11.5 Å². The Labute approximate surface area is 111 Å². The van der Waals surface area contributed by atoms with Gasteiger partial charge in [-0.1, -0.05) is 30.3 Å². The largest absolute Gasteiger partial charge is 0.453 e. The van der Waals surface area contributed by atoms with E-state index in [1.54, 1.807) is 12.1 Å². The quantitative estimate of drug-likeness (QED) is 0.615. The van der Waals surface area contributed by atoms with E-state index in [4.69, 9.17) is 9.47 Å². The average Bonchev–Trinajstić information content (AvgIpc) is 3.26. The van der Waals surface area contributed by atoms with E-state index in [2.05, 4.69) is 0 Å². The Balaban J connectivity index is 1.78. The Kier molecular flexibility index (Phi) is 3.19. The molecule has 19 heavy (non-hydrogen) atoms. The lowest BCUT2D eigenvalue weighted by Gasteiger charge is -2.10. The first-order valence-corrected chi connectivity index (χ1v) is 6.36. The Hall–Kier alpha value is -2.29. The normalized spacial score (nSPS) is 13.9. The molecule has 0 unspecified atom stereocenters. The number of hydrogen-bond donors (Lipinski definition) is 0. The van der Waals surface area contributed by atoms with Crippen LogP contribution >= 0.6 is 0 Å². The van der Waals surface area contributed by atoms with Crippen molar-refractivity contribution < 1.29 is 14.3 Å². The lowest BCUT2D eigenvalue weighted by Crippen LogP contribution is -2.10. The van der Waals surface area contributed by atoms with Gasteiger partial charge in [-0.15, -0.1) is 0 Å². The minimum absolute atomic E-state index is 0.0739. The van der Waals surface area contributed by atoms with Gasteiger partial charge in [0.05, 0.1) is 5.92 Å². The molecular weight excluding hydrogens is 240 g/mol. The predicted molar refractivity (Wildman–Crippen MR) is 71.3 cm³/mol. The van der Waals surface area contributed by atoms with Crippen LogP contribution in [-0.4, -0.2) is 5.97 Å². The predicted octanol–water partition coefficient (Wildman–Crippen LogP) is 3.79. The van der Waals surface area contributed by atoms with Gasteiger partial charge in [-0.05, 0) is 37.1 Å². The van der Waals surface area contributed by atoms with Crippen LogP contribution in [0, 0.1) is 5.92 Å². The highest BCUT2D eigenvalue weighted by Crippen LogP contribution is 2.35. The fourth-order valence-corrected chi connectivity index (χ4v) is 1.75. The fraction of sp³-hybridized carbons (Fsp3) is 0.188. The van der Waals surface area contributed by atoms with Gasteiger partial charge >= 0.3 is 5.97 Å². The van der Waals surface area contributed by atoms with E-state index >= 15 is 0 Å². The van der Waals surface area contributed by atoms with Crippen molar-refractivity contribution in [1.82, 2.24) is 0 Å². The molecule has 0 spiro atoms. The maximum absolute atomic E-state index is 11.7. The van der Waals surface area contributed by atoms with Crippen LogP contribution in [0.25, 0.3) is 0 Å². The van der Waals surface area contributed by atoms with Crippen LogP contribution in [0.4, 0.5) is 0 Å². The van der Waals surface area contributed by atoms with Crippen molar-refractivity contribution in [2.24, 2.45) is 5.92 Å². The van der Waals surface area contributed by atoms with Crippen LogP contribution in [0.3, 0.4) is 0 Å². The molecule has 1 aliphatic carbocycles. The second-order valence-electron chi connectivity index (χ2n) is 4.56. The number of carbonyl (C=O) groups excluding carboxylic acids is 1. The van der Waals surface area contributed by atoms with Gasteiger partial charge in [0.15, 0.2) is 11.5 Å². The summed E-state index contributed by atoms with van der Waals surface area (Å²) < 4.78 is 11.1. The van der Waals surface area contributed by atoms with Gasteiger partial charge in [0.1, 0.15) is 5.75 Å². The van der Waals surface area contributed by atoms with Gasteiger partial charge in [-0.25, -0.2) is 0 Å². The molecule has 0 aromatic heterocycles. The lowest BCUT2D eigenvalue weighted by molar-refractivity contribution is -0.135.